The fourth-order valence-electron chi connectivity index (χ4n) is 1.69. The first-order chi connectivity index (χ1) is 8.92. The van der Waals surface area contributed by atoms with Gasteiger partial charge < -0.3 is 4.74 Å². The van der Waals surface area contributed by atoms with Crippen LogP contribution in [0.4, 0.5) is 0 Å². The zero-order chi connectivity index (χ0) is 12.2. The minimum atomic E-state index is 0.749. The molecule has 0 spiro atoms. The third-order valence-electron chi connectivity index (χ3n) is 2.53. The van der Waals surface area contributed by atoms with Gasteiger partial charge >= 0.3 is 0 Å². The zero-order valence-electron chi connectivity index (χ0n) is 9.61. The number of ether oxygens (including phenoxy) is 1. The maximum atomic E-state index is 5.79. The molecule has 0 saturated heterocycles. The maximum Gasteiger partial charge on any atom is 0.146 e. The molecular formula is C15H11NOS. The third kappa shape index (κ3) is 2.46. The molecule has 1 aliphatic rings. The second-order valence-corrected chi connectivity index (χ2v) is 4.66. The smallest absolute Gasteiger partial charge is 0.146 e. The molecule has 88 valence electrons. The van der Waals surface area contributed by atoms with Crippen molar-refractivity contribution in [2.75, 3.05) is 0 Å². The van der Waals surface area contributed by atoms with Crippen LogP contribution in [-0.2, 0) is 0 Å². The Morgan fingerprint density at radius 2 is 1.67 bits per heavy atom. The number of para-hydroxylation sites is 1. The van der Waals surface area contributed by atoms with E-state index in [0.29, 0.717) is 0 Å². The van der Waals surface area contributed by atoms with E-state index in [4.69, 9.17) is 4.74 Å². The minimum absolute atomic E-state index is 0.749. The molecule has 0 fully saturated rings. The van der Waals surface area contributed by atoms with Crippen LogP contribution in [0.5, 0.6) is 5.75 Å². The number of fused-ring (bicyclic) bond motifs is 1. The van der Waals surface area contributed by atoms with Crippen LogP contribution in [-0.4, -0.2) is 6.21 Å². The highest BCUT2D eigenvalue weighted by molar-refractivity contribution is 7.98. The lowest BCUT2D eigenvalue weighted by atomic mass is 10.2. The summed E-state index contributed by atoms with van der Waals surface area (Å²) in [5.41, 5.74) is 1.13. The van der Waals surface area contributed by atoms with Gasteiger partial charge in [0.25, 0.3) is 0 Å². The Kier molecular flexibility index (Phi) is 3.15. The largest absolute Gasteiger partial charge is 0.456 e. The summed E-state index contributed by atoms with van der Waals surface area (Å²) in [6.45, 7) is 0. The topological polar surface area (TPSA) is 21.6 Å². The summed E-state index contributed by atoms with van der Waals surface area (Å²) >= 11 is 1.46. The Bertz CT molecular complexity index is 605. The Labute approximate surface area is 110 Å². The first kappa shape index (κ1) is 11.1. The fourth-order valence-corrected chi connectivity index (χ4v) is 2.33. The number of hydrogen-bond donors (Lipinski definition) is 0. The van der Waals surface area contributed by atoms with E-state index in [0.717, 1.165) is 22.0 Å². The molecule has 3 heteroatoms. The maximum absolute atomic E-state index is 5.79. The van der Waals surface area contributed by atoms with E-state index >= 15 is 0 Å². The Hall–Kier alpha value is -2.00. The summed E-state index contributed by atoms with van der Waals surface area (Å²) in [5, 5.41) is 0. The Morgan fingerprint density at radius 3 is 2.56 bits per heavy atom. The average Bonchev–Trinajstić information content (AvgIpc) is 2.61. The second-order valence-electron chi connectivity index (χ2n) is 3.83. The fraction of sp³-hybridized carbons (Fsp3) is 0. The van der Waals surface area contributed by atoms with Crippen LogP contribution in [0, 0.1) is 0 Å². The number of rotatable bonds is 2. The van der Waals surface area contributed by atoms with Crippen LogP contribution in [0.3, 0.4) is 0 Å². The van der Waals surface area contributed by atoms with Gasteiger partial charge in [-0.25, -0.2) is 4.40 Å². The van der Waals surface area contributed by atoms with Gasteiger partial charge in [-0.15, -0.1) is 0 Å². The molecule has 0 radical (unpaired) electrons. The van der Waals surface area contributed by atoms with Gasteiger partial charge in [0.1, 0.15) is 11.5 Å². The van der Waals surface area contributed by atoms with Gasteiger partial charge in [0.15, 0.2) is 0 Å². The van der Waals surface area contributed by atoms with Crippen molar-refractivity contribution in [3.63, 3.8) is 0 Å². The number of allylic oxidation sites excluding steroid dienone is 1. The van der Waals surface area contributed by atoms with Crippen LogP contribution in [0.1, 0.15) is 5.56 Å². The van der Waals surface area contributed by atoms with Crippen LogP contribution < -0.4 is 4.74 Å². The van der Waals surface area contributed by atoms with Gasteiger partial charge in [-0.2, -0.15) is 0 Å². The number of benzene rings is 2. The van der Waals surface area contributed by atoms with E-state index < -0.39 is 0 Å². The van der Waals surface area contributed by atoms with Crippen molar-refractivity contribution >= 4 is 24.2 Å². The predicted octanol–water partition coefficient (Wildman–Crippen LogP) is 4.20. The monoisotopic (exact) mass is 253 g/mol. The van der Waals surface area contributed by atoms with Gasteiger partial charge in [0.05, 0.1) is 6.21 Å². The van der Waals surface area contributed by atoms with Crippen LogP contribution in [0.2, 0.25) is 0 Å². The highest BCUT2D eigenvalue weighted by atomic mass is 32.2. The number of hydrogen-bond acceptors (Lipinski definition) is 3. The summed E-state index contributed by atoms with van der Waals surface area (Å²) in [7, 11) is 0. The Balaban J connectivity index is 1.91. The van der Waals surface area contributed by atoms with Crippen molar-refractivity contribution < 1.29 is 4.74 Å². The lowest BCUT2D eigenvalue weighted by Gasteiger charge is -2.04. The number of nitrogens with zero attached hydrogens (tertiary/aromatic N) is 1. The summed E-state index contributed by atoms with van der Waals surface area (Å²) in [5.74, 6) is 1.57. The van der Waals surface area contributed by atoms with Gasteiger partial charge in [-0.3, -0.25) is 0 Å². The molecule has 0 unspecified atom stereocenters. The van der Waals surface area contributed by atoms with Crippen molar-refractivity contribution in [1.29, 1.82) is 0 Å². The molecule has 0 saturated carbocycles. The van der Waals surface area contributed by atoms with E-state index in [9.17, 15) is 0 Å². The van der Waals surface area contributed by atoms with E-state index in [1.807, 2.05) is 48.5 Å². The molecule has 0 bridgehead atoms. The normalized spacial score (nSPS) is 13.4. The van der Waals surface area contributed by atoms with Gasteiger partial charge in [-0.1, -0.05) is 36.4 Å². The zero-order valence-corrected chi connectivity index (χ0v) is 10.4. The standard InChI is InChI=1S/C15H11NOS/c1-2-7-13(8-3-1)17-14-10-12-6-4-5-9-15(12)18-16-11-14/h1-11H. The highest BCUT2D eigenvalue weighted by Crippen LogP contribution is 2.28. The van der Waals surface area contributed by atoms with E-state index in [1.165, 1.54) is 11.9 Å². The van der Waals surface area contributed by atoms with Crippen LogP contribution in [0.25, 0.3) is 6.08 Å². The van der Waals surface area contributed by atoms with Crippen molar-refractivity contribution in [2.24, 2.45) is 4.40 Å². The first-order valence-electron chi connectivity index (χ1n) is 5.66. The molecule has 0 aromatic heterocycles. The summed E-state index contributed by atoms with van der Waals surface area (Å²) in [6, 6.07) is 17.9. The molecule has 2 nitrogen and oxygen atoms in total. The van der Waals surface area contributed by atoms with Crippen molar-refractivity contribution in [3.05, 3.63) is 65.9 Å². The predicted molar refractivity (Wildman–Crippen MR) is 75.8 cm³/mol. The van der Waals surface area contributed by atoms with E-state index in [-0.39, 0.29) is 0 Å². The lowest BCUT2D eigenvalue weighted by Crippen LogP contribution is -1.95. The highest BCUT2D eigenvalue weighted by Gasteiger charge is 2.06. The van der Waals surface area contributed by atoms with Crippen molar-refractivity contribution in [1.82, 2.24) is 0 Å². The molecule has 3 rings (SSSR count). The van der Waals surface area contributed by atoms with E-state index in [2.05, 4.69) is 16.5 Å². The molecule has 2 aromatic carbocycles. The molecule has 0 amide bonds. The molecular weight excluding hydrogens is 242 g/mol. The SMILES string of the molecule is C1=NSc2ccccc2C=C1Oc1ccccc1. The first-order valence-corrected chi connectivity index (χ1v) is 6.43. The Morgan fingerprint density at radius 1 is 0.889 bits per heavy atom. The van der Waals surface area contributed by atoms with Crippen molar-refractivity contribution in [2.45, 2.75) is 4.90 Å². The minimum Gasteiger partial charge on any atom is -0.456 e. The second kappa shape index (κ2) is 5.10. The molecule has 1 aliphatic heterocycles. The van der Waals surface area contributed by atoms with Gasteiger partial charge in [0, 0.05) is 16.8 Å². The van der Waals surface area contributed by atoms with Gasteiger partial charge in [-0.05, 0) is 29.8 Å². The van der Waals surface area contributed by atoms with Crippen molar-refractivity contribution in [3.8, 4) is 5.75 Å². The van der Waals surface area contributed by atoms with Crippen LogP contribution >= 0.6 is 11.9 Å². The van der Waals surface area contributed by atoms with Gasteiger partial charge in [0.2, 0.25) is 0 Å². The summed E-state index contributed by atoms with van der Waals surface area (Å²) in [6.07, 6.45) is 3.75. The summed E-state index contributed by atoms with van der Waals surface area (Å²) < 4.78 is 10.1. The molecule has 18 heavy (non-hydrogen) atoms. The quantitative estimate of drug-likeness (QED) is 0.748. The van der Waals surface area contributed by atoms with Crippen LogP contribution in [0.15, 0.2) is 69.6 Å². The molecule has 1 heterocycles. The molecule has 2 aromatic rings. The third-order valence-corrected chi connectivity index (χ3v) is 3.31. The van der Waals surface area contributed by atoms with E-state index in [1.54, 1.807) is 6.21 Å². The molecule has 0 atom stereocenters. The molecule has 0 aliphatic carbocycles. The summed E-state index contributed by atoms with van der Waals surface area (Å²) in [4.78, 5) is 1.14. The molecule has 0 N–H and O–H groups in total. The average molecular weight is 253 g/mol. The lowest BCUT2D eigenvalue weighted by molar-refractivity contribution is 0.462.